The number of amides is 1. The molecule has 0 bridgehead atoms. The van der Waals surface area contributed by atoms with Crippen LogP contribution in [0.25, 0.3) is 0 Å². The number of hydrogen-bond acceptors (Lipinski definition) is 4. The number of carboxylic acids is 1. The molecule has 3 atom stereocenters. The third-order valence-electron chi connectivity index (χ3n) is 4.19. The van der Waals surface area contributed by atoms with Gasteiger partial charge in [0, 0.05) is 17.3 Å². The number of aliphatic carboxylic acids is 1. The second kappa shape index (κ2) is 5.44. The number of nitrogens with two attached hydrogens (primary N) is 1. The number of hydrogen-bond donors (Lipinski definition) is 3. The van der Waals surface area contributed by atoms with Crippen LogP contribution in [0.2, 0.25) is 0 Å². The fourth-order valence-electron chi connectivity index (χ4n) is 2.99. The predicted octanol–water partition coefficient (Wildman–Crippen LogP) is 1.31. The molecule has 0 saturated heterocycles. The first-order valence-corrected chi connectivity index (χ1v) is 7.13. The summed E-state index contributed by atoms with van der Waals surface area (Å²) in [6, 6.07) is 6.37. The van der Waals surface area contributed by atoms with Crippen molar-refractivity contribution in [2.45, 2.75) is 26.8 Å². The van der Waals surface area contributed by atoms with Gasteiger partial charge in [-0.15, -0.1) is 0 Å². The van der Waals surface area contributed by atoms with Crippen LogP contribution in [0.5, 0.6) is 0 Å². The molecular weight excluding hydrogens is 284 g/mol. The molecular formula is C16H20N2O4. The number of ketones is 1. The summed E-state index contributed by atoms with van der Waals surface area (Å²) in [5, 5.41) is 12.0. The lowest BCUT2D eigenvalue weighted by Crippen LogP contribution is -2.34. The Morgan fingerprint density at radius 2 is 1.82 bits per heavy atom. The Bertz CT molecular complexity index is 641. The van der Waals surface area contributed by atoms with Gasteiger partial charge in [-0.2, -0.15) is 0 Å². The summed E-state index contributed by atoms with van der Waals surface area (Å²) in [4.78, 5) is 36.4. The van der Waals surface area contributed by atoms with Crippen LogP contribution in [0.1, 0.15) is 31.1 Å². The van der Waals surface area contributed by atoms with Crippen LogP contribution in [0.15, 0.2) is 24.3 Å². The van der Waals surface area contributed by atoms with E-state index in [4.69, 9.17) is 5.73 Å². The minimum atomic E-state index is -1.26. The van der Waals surface area contributed by atoms with Gasteiger partial charge in [0.15, 0.2) is 5.78 Å². The highest BCUT2D eigenvalue weighted by Crippen LogP contribution is 2.60. The molecule has 118 valence electrons. The fourth-order valence-corrected chi connectivity index (χ4v) is 2.99. The van der Waals surface area contributed by atoms with Crippen molar-refractivity contribution >= 4 is 23.3 Å². The normalized spacial score (nSPS) is 26.5. The van der Waals surface area contributed by atoms with E-state index >= 15 is 0 Å². The van der Waals surface area contributed by atoms with E-state index in [0.717, 1.165) is 0 Å². The number of anilines is 1. The summed E-state index contributed by atoms with van der Waals surface area (Å²) in [5.41, 5.74) is 5.08. The number of para-hydroxylation sites is 1. The highest BCUT2D eigenvalue weighted by molar-refractivity contribution is 6.13. The van der Waals surface area contributed by atoms with Crippen molar-refractivity contribution in [1.29, 1.82) is 0 Å². The van der Waals surface area contributed by atoms with E-state index in [2.05, 4.69) is 5.32 Å². The number of carbonyl (C=O) groups excluding carboxylic acids is 2. The van der Waals surface area contributed by atoms with Gasteiger partial charge in [-0.3, -0.25) is 14.4 Å². The molecule has 0 unspecified atom stereocenters. The van der Waals surface area contributed by atoms with Crippen LogP contribution >= 0.6 is 0 Å². The second-order valence-corrected chi connectivity index (χ2v) is 6.16. The maximum atomic E-state index is 12.7. The molecule has 0 heterocycles. The van der Waals surface area contributed by atoms with E-state index in [1.54, 1.807) is 38.1 Å². The van der Waals surface area contributed by atoms with Crippen LogP contribution in [0.3, 0.4) is 0 Å². The average molecular weight is 304 g/mol. The quantitative estimate of drug-likeness (QED) is 0.561. The topological polar surface area (TPSA) is 109 Å². The van der Waals surface area contributed by atoms with E-state index in [1.807, 2.05) is 0 Å². The van der Waals surface area contributed by atoms with Crippen molar-refractivity contribution in [2.75, 3.05) is 5.73 Å². The Labute approximate surface area is 128 Å². The Morgan fingerprint density at radius 3 is 2.32 bits per heavy atom. The molecule has 1 aliphatic rings. The Balaban J connectivity index is 2.35. The molecule has 1 amide bonds. The molecule has 1 aromatic rings. The molecule has 1 fully saturated rings. The third-order valence-corrected chi connectivity index (χ3v) is 4.19. The highest BCUT2D eigenvalue weighted by atomic mass is 16.4. The van der Waals surface area contributed by atoms with Gasteiger partial charge >= 0.3 is 5.97 Å². The van der Waals surface area contributed by atoms with Gasteiger partial charge in [-0.05, 0) is 26.0 Å². The highest BCUT2D eigenvalue weighted by Gasteiger charge is 2.72. The largest absolute Gasteiger partial charge is 0.481 e. The zero-order chi connectivity index (χ0) is 16.7. The summed E-state index contributed by atoms with van der Waals surface area (Å²) in [6.45, 7) is 5.08. The number of carbonyl (C=O) groups is 3. The van der Waals surface area contributed by atoms with Crippen LogP contribution in [-0.2, 0) is 9.59 Å². The first kappa shape index (κ1) is 16.0. The van der Waals surface area contributed by atoms with Gasteiger partial charge in [-0.25, -0.2) is 0 Å². The summed E-state index contributed by atoms with van der Waals surface area (Å²) in [7, 11) is 0. The Hall–Kier alpha value is -2.37. The lowest BCUT2D eigenvalue weighted by atomic mass is 9.91. The molecule has 1 aromatic carbocycles. The molecule has 0 radical (unpaired) electrons. The van der Waals surface area contributed by atoms with E-state index in [1.165, 1.54) is 6.92 Å². The number of nitrogens with one attached hydrogen (secondary N) is 1. The third kappa shape index (κ3) is 2.45. The fraction of sp³-hybridized carbons (Fsp3) is 0.438. The van der Waals surface area contributed by atoms with Crippen molar-refractivity contribution in [3.8, 4) is 0 Å². The van der Waals surface area contributed by atoms with E-state index < -0.39 is 34.9 Å². The number of benzene rings is 1. The summed E-state index contributed by atoms with van der Waals surface area (Å²) < 4.78 is 0. The van der Waals surface area contributed by atoms with E-state index in [-0.39, 0.29) is 17.3 Å². The minimum absolute atomic E-state index is 0.122. The monoisotopic (exact) mass is 304 g/mol. The average Bonchev–Trinajstić information content (AvgIpc) is 3.06. The van der Waals surface area contributed by atoms with Gasteiger partial charge in [0.05, 0.1) is 17.3 Å². The zero-order valence-electron chi connectivity index (χ0n) is 12.8. The first-order chi connectivity index (χ1) is 10.2. The van der Waals surface area contributed by atoms with Crippen molar-refractivity contribution in [3.05, 3.63) is 29.8 Å². The maximum Gasteiger partial charge on any atom is 0.308 e. The summed E-state index contributed by atoms with van der Waals surface area (Å²) >= 11 is 0. The molecule has 1 aliphatic carbocycles. The smallest absolute Gasteiger partial charge is 0.308 e. The lowest BCUT2D eigenvalue weighted by Gasteiger charge is -2.13. The first-order valence-electron chi connectivity index (χ1n) is 7.13. The predicted molar refractivity (Wildman–Crippen MR) is 81.2 cm³/mol. The van der Waals surface area contributed by atoms with Crippen LogP contribution in [0.4, 0.5) is 5.69 Å². The van der Waals surface area contributed by atoms with Gasteiger partial charge < -0.3 is 16.2 Å². The van der Waals surface area contributed by atoms with Crippen molar-refractivity contribution < 1.29 is 19.5 Å². The lowest BCUT2D eigenvalue weighted by molar-refractivity contribution is -0.140. The number of nitrogen functional groups attached to an aromatic ring is 1. The maximum absolute atomic E-state index is 12.7. The molecule has 2 rings (SSSR count). The van der Waals surface area contributed by atoms with Gasteiger partial charge in [0.1, 0.15) is 0 Å². The van der Waals surface area contributed by atoms with Crippen molar-refractivity contribution in [1.82, 2.24) is 5.32 Å². The molecule has 0 aliphatic heterocycles. The van der Waals surface area contributed by atoms with E-state index in [0.29, 0.717) is 0 Å². The van der Waals surface area contributed by atoms with Gasteiger partial charge in [-0.1, -0.05) is 19.1 Å². The Kier molecular flexibility index (Phi) is 3.96. The number of rotatable bonds is 5. The molecule has 0 spiro atoms. The molecule has 22 heavy (non-hydrogen) atoms. The molecule has 6 heteroatoms. The molecule has 1 saturated carbocycles. The van der Waals surface area contributed by atoms with Crippen molar-refractivity contribution in [2.24, 2.45) is 17.3 Å². The molecule has 4 N–H and O–H groups in total. The van der Waals surface area contributed by atoms with E-state index in [9.17, 15) is 19.5 Å². The van der Waals surface area contributed by atoms with Crippen LogP contribution in [-0.4, -0.2) is 28.8 Å². The standard InChI is InChI=1S/C16H20N2O4/c1-8(2)18-14(20)11-12(15(21)22)16(11,3)13(19)9-6-4-5-7-10(9)17/h4-8,11-12H,17H2,1-3H3,(H,18,20)(H,21,22)/t11-,12+,16+/m0/s1. The summed E-state index contributed by atoms with van der Waals surface area (Å²) in [6.07, 6.45) is 0. The molecule has 0 aromatic heterocycles. The minimum Gasteiger partial charge on any atom is -0.481 e. The second-order valence-electron chi connectivity index (χ2n) is 6.16. The number of carboxylic acid groups (broad SMARTS) is 1. The zero-order valence-corrected chi connectivity index (χ0v) is 12.8. The number of Topliss-reactive ketones (excluding diaryl/α,β-unsaturated/α-hetero) is 1. The van der Waals surface area contributed by atoms with Crippen LogP contribution < -0.4 is 11.1 Å². The Morgan fingerprint density at radius 1 is 1.23 bits per heavy atom. The molecule has 6 nitrogen and oxygen atoms in total. The van der Waals surface area contributed by atoms with Crippen molar-refractivity contribution in [3.63, 3.8) is 0 Å². The van der Waals surface area contributed by atoms with Crippen LogP contribution in [0, 0.1) is 17.3 Å². The summed E-state index contributed by atoms with van der Waals surface area (Å²) in [5.74, 6) is -3.86. The SMILES string of the molecule is CC(C)NC(=O)[C@@H]1[C@H](C(=O)O)[C@]1(C)C(=O)c1ccccc1N. The van der Waals surface area contributed by atoms with Gasteiger partial charge in [0.2, 0.25) is 5.91 Å². The van der Waals surface area contributed by atoms with Gasteiger partial charge in [0.25, 0.3) is 0 Å².